The number of carbonyl (C=O) groups is 2. The molecule has 0 aromatic carbocycles. The number of hydrogen-bond acceptors (Lipinski definition) is 4. The summed E-state index contributed by atoms with van der Waals surface area (Å²) >= 11 is 0. The van der Waals surface area contributed by atoms with Crippen molar-refractivity contribution in [3.8, 4) is 0 Å². The van der Waals surface area contributed by atoms with Crippen LogP contribution in [0.25, 0.3) is 0 Å². The van der Waals surface area contributed by atoms with Gasteiger partial charge in [-0.05, 0) is 56.3 Å². The van der Waals surface area contributed by atoms with Crippen molar-refractivity contribution in [1.29, 1.82) is 0 Å². The van der Waals surface area contributed by atoms with E-state index in [0.29, 0.717) is 29.6 Å². The molecule has 0 unspecified atom stereocenters. The van der Waals surface area contributed by atoms with Gasteiger partial charge in [0.2, 0.25) is 0 Å². The van der Waals surface area contributed by atoms with E-state index in [1.807, 2.05) is 0 Å². The van der Waals surface area contributed by atoms with Crippen LogP contribution in [-0.4, -0.2) is 29.6 Å². The van der Waals surface area contributed by atoms with Crippen LogP contribution in [0.5, 0.6) is 0 Å². The Hall–Kier alpha value is -0.900. The van der Waals surface area contributed by atoms with Crippen molar-refractivity contribution in [3.63, 3.8) is 0 Å². The lowest BCUT2D eigenvalue weighted by molar-refractivity contribution is -0.157. The van der Waals surface area contributed by atoms with E-state index in [0.717, 1.165) is 51.4 Å². The second kappa shape index (κ2) is 4.88. The Labute approximate surface area is 150 Å². The van der Waals surface area contributed by atoms with Crippen molar-refractivity contribution >= 4 is 11.8 Å². The molecule has 1 aliphatic heterocycles. The highest BCUT2D eigenvalue weighted by Gasteiger charge is 2.76. The zero-order valence-electron chi connectivity index (χ0n) is 15.7. The second-order valence-corrected chi connectivity index (χ2v) is 9.92. The predicted octanol–water partition coefficient (Wildman–Crippen LogP) is 3.66. The Morgan fingerprint density at radius 2 is 1.96 bits per heavy atom. The summed E-state index contributed by atoms with van der Waals surface area (Å²) in [4.78, 5) is 23.9. The Balaban J connectivity index is 1.44. The highest BCUT2D eigenvalue weighted by molar-refractivity contribution is 5.87. The molecule has 4 heteroatoms. The summed E-state index contributed by atoms with van der Waals surface area (Å²) in [5, 5.41) is 0. The third-order valence-corrected chi connectivity index (χ3v) is 9.08. The van der Waals surface area contributed by atoms with E-state index in [2.05, 4.69) is 13.8 Å². The van der Waals surface area contributed by atoms with Gasteiger partial charge < -0.3 is 9.47 Å². The van der Waals surface area contributed by atoms with Crippen LogP contribution >= 0.6 is 0 Å². The van der Waals surface area contributed by atoms with Gasteiger partial charge in [0.15, 0.2) is 0 Å². The number of esters is 1. The summed E-state index contributed by atoms with van der Waals surface area (Å²) < 4.78 is 12.0. The average molecular weight is 346 g/mol. The normalized spacial score (nSPS) is 56.3. The van der Waals surface area contributed by atoms with Gasteiger partial charge in [-0.25, -0.2) is 0 Å². The molecule has 138 valence electrons. The van der Waals surface area contributed by atoms with Crippen molar-refractivity contribution in [3.05, 3.63) is 0 Å². The first-order valence-electron chi connectivity index (χ1n) is 10.2. The standard InChI is InChI=1S/C21H30O4/c1-12(22)24-13-6-9-20(3)16-7-8-19(2)15(4-5-17(19)23)14(16)10-18-21(20,11-13)25-18/h13-16,18H,4-11H2,1-3H3/t13-,14+,15+,16+,18-,19+,20+,21-/m0/s1. The number of rotatable bonds is 1. The Kier molecular flexibility index (Phi) is 3.18. The first-order valence-corrected chi connectivity index (χ1v) is 10.2. The molecule has 5 fully saturated rings. The molecule has 4 saturated carbocycles. The summed E-state index contributed by atoms with van der Waals surface area (Å²) in [6, 6.07) is 0. The van der Waals surface area contributed by atoms with Crippen molar-refractivity contribution in [2.24, 2.45) is 28.6 Å². The Morgan fingerprint density at radius 1 is 1.16 bits per heavy atom. The van der Waals surface area contributed by atoms with E-state index >= 15 is 0 Å². The molecular formula is C21H30O4. The van der Waals surface area contributed by atoms with Crippen LogP contribution in [0.2, 0.25) is 0 Å². The molecular weight excluding hydrogens is 316 g/mol. The molecule has 0 aromatic heterocycles. The fourth-order valence-electron chi connectivity index (χ4n) is 7.75. The zero-order chi connectivity index (χ0) is 17.6. The maximum absolute atomic E-state index is 12.5. The molecule has 0 radical (unpaired) electrons. The van der Waals surface area contributed by atoms with Crippen molar-refractivity contribution in [2.45, 2.75) is 89.9 Å². The molecule has 25 heavy (non-hydrogen) atoms. The van der Waals surface area contributed by atoms with Crippen molar-refractivity contribution in [1.82, 2.24) is 0 Å². The van der Waals surface area contributed by atoms with E-state index in [9.17, 15) is 9.59 Å². The lowest BCUT2D eigenvalue weighted by Crippen LogP contribution is -2.58. The molecule has 0 bridgehead atoms. The van der Waals surface area contributed by atoms with Gasteiger partial charge in [0.05, 0.1) is 6.10 Å². The third-order valence-electron chi connectivity index (χ3n) is 9.08. The van der Waals surface area contributed by atoms with Crippen molar-refractivity contribution in [2.75, 3.05) is 0 Å². The van der Waals surface area contributed by atoms with Crippen LogP contribution in [0.1, 0.15) is 72.1 Å². The molecule has 4 aliphatic carbocycles. The largest absolute Gasteiger partial charge is 0.462 e. The molecule has 1 saturated heterocycles. The van der Waals surface area contributed by atoms with E-state index < -0.39 is 0 Å². The fourth-order valence-corrected chi connectivity index (χ4v) is 7.75. The molecule has 0 amide bonds. The lowest BCUT2D eigenvalue weighted by Gasteiger charge is -2.58. The molecule has 8 atom stereocenters. The monoisotopic (exact) mass is 346 g/mol. The molecule has 5 rings (SSSR count). The molecule has 5 aliphatic rings. The lowest BCUT2D eigenvalue weighted by atomic mass is 9.45. The van der Waals surface area contributed by atoms with Crippen LogP contribution in [0, 0.1) is 28.6 Å². The van der Waals surface area contributed by atoms with Gasteiger partial charge in [0.1, 0.15) is 17.5 Å². The number of ether oxygens (including phenoxy) is 2. The Morgan fingerprint density at radius 3 is 2.72 bits per heavy atom. The smallest absolute Gasteiger partial charge is 0.302 e. The molecule has 0 aromatic rings. The van der Waals surface area contributed by atoms with E-state index in [1.54, 1.807) is 0 Å². The van der Waals surface area contributed by atoms with Crippen LogP contribution in [0.15, 0.2) is 0 Å². The van der Waals surface area contributed by atoms with E-state index in [1.165, 1.54) is 6.92 Å². The number of ketones is 1. The van der Waals surface area contributed by atoms with Gasteiger partial charge >= 0.3 is 5.97 Å². The number of hydrogen-bond donors (Lipinski definition) is 0. The Bertz CT molecular complexity index is 644. The second-order valence-electron chi connectivity index (χ2n) is 9.92. The summed E-state index contributed by atoms with van der Waals surface area (Å²) in [6.45, 7) is 6.18. The van der Waals surface area contributed by atoms with E-state index in [4.69, 9.17) is 9.47 Å². The maximum Gasteiger partial charge on any atom is 0.302 e. The van der Waals surface area contributed by atoms with E-state index in [-0.39, 0.29) is 28.5 Å². The van der Waals surface area contributed by atoms with Gasteiger partial charge in [0, 0.05) is 30.6 Å². The van der Waals surface area contributed by atoms with Crippen LogP contribution in [-0.2, 0) is 19.1 Å². The quantitative estimate of drug-likeness (QED) is 0.537. The highest BCUT2D eigenvalue weighted by atomic mass is 16.6. The summed E-state index contributed by atoms with van der Waals surface area (Å²) in [5.74, 6) is 2.19. The minimum absolute atomic E-state index is 0.0223. The first-order chi connectivity index (χ1) is 11.8. The number of Topliss-reactive ketones (excluding diaryl/α,β-unsaturated/α-hetero) is 1. The highest BCUT2D eigenvalue weighted by Crippen LogP contribution is 2.73. The molecule has 1 heterocycles. The van der Waals surface area contributed by atoms with Crippen LogP contribution in [0.4, 0.5) is 0 Å². The van der Waals surface area contributed by atoms with Gasteiger partial charge in [-0.1, -0.05) is 13.8 Å². The van der Waals surface area contributed by atoms with Crippen molar-refractivity contribution < 1.29 is 19.1 Å². The maximum atomic E-state index is 12.5. The molecule has 4 nitrogen and oxygen atoms in total. The molecule has 0 N–H and O–H groups in total. The SMILES string of the molecule is CC(=O)O[C@H]1CC[C@]2(C)[C@@H]3CC[C@@]4(C)C(=O)CC[C@@H]4[C@H]3C[C@@H]3O[C@@]32C1. The fraction of sp³-hybridized carbons (Fsp3) is 0.905. The minimum atomic E-state index is -0.172. The van der Waals surface area contributed by atoms with Crippen LogP contribution in [0.3, 0.4) is 0 Å². The number of fused-ring (bicyclic) bond motifs is 4. The van der Waals surface area contributed by atoms with Gasteiger partial charge in [0.25, 0.3) is 0 Å². The van der Waals surface area contributed by atoms with Gasteiger partial charge in [-0.2, -0.15) is 0 Å². The number of carbonyl (C=O) groups excluding carboxylic acids is 2. The predicted molar refractivity (Wildman–Crippen MR) is 91.8 cm³/mol. The van der Waals surface area contributed by atoms with Gasteiger partial charge in [-0.3, -0.25) is 9.59 Å². The molecule has 1 spiro atoms. The first kappa shape index (κ1) is 16.3. The number of epoxide rings is 1. The minimum Gasteiger partial charge on any atom is -0.462 e. The topological polar surface area (TPSA) is 55.9 Å². The van der Waals surface area contributed by atoms with Crippen LogP contribution < -0.4 is 0 Å². The zero-order valence-corrected chi connectivity index (χ0v) is 15.7. The van der Waals surface area contributed by atoms with Gasteiger partial charge in [-0.15, -0.1) is 0 Å². The summed E-state index contributed by atoms with van der Waals surface area (Å²) in [5.41, 5.74) is 0.0500. The average Bonchev–Trinajstić information content (AvgIpc) is 3.15. The third kappa shape index (κ3) is 1.92. The summed E-state index contributed by atoms with van der Waals surface area (Å²) in [7, 11) is 0. The summed E-state index contributed by atoms with van der Waals surface area (Å²) in [6.07, 6.45) is 8.45.